The van der Waals surface area contributed by atoms with Crippen LogP contribution in [0.1, 0.15) is 32.0 Å². The maximum atomic E-state index is 11.3. The Morgan fingerprint density at radius 1 is 1.59 bits per heavy atom. The lowest BCUT2D eigenvalue weighted by Gasteiger charge is -2.10. The van der Waals surface area contributed by atoms with E-state index in [1.54, 1.807) is 19.0 Å². The van der Waals surface area contributed by atoms with Gasteiger partial charge in [0.25, 0.3) is 0 Å². The second-order valence-corrected chi connectivity index (χ2v) is 4.44. The summed E-state index contributed by atoms with van der Waals surface area (Å²) in [5.41, 5.74) is 0.969. The van der Waals surface area contributed by atoms with E-state index >= 15 is 0 Å². The minimum absolute atomic E-state index is 0.0753. The lowest BCUT2D eigenvalue weighted by molar-refractivity contribution is -0.127. The molecule has 1 atom stereocenters. The molecule has 0 aromatic carbocycles. The summed E-state index contributed by atoms with van der Waals surface area (Å²) in [5.74, 6) is 0.0753. The summed E-state index contributed by atoms with van der Waals surface area (Å²) in [7, 11) is 3.50. The van der Waals surface area contributed by atoms with E-state index in [9.17, 15) is 4.79 Å². The lowest BCUT2D eigenvalue weighted by atomic mass is 10.3. The first kappa shape index (κ1) is 13.7. The first-order valence-corrected chi connectivity index (χ1v) is 5.99. The second kappa shape index (κ2) is 6.39. The van der Waals surface area contributed by atoms with Crippen LogP contribution in [0.3, 0.4) is 0 Å². The van der Waals surface area contributed by atoms with Crippen molar-refractivity contribution in [1.29, 1.82) is 0 Å². The quantitative estimate of drug-likeness (QED) is 0.805. The highest BCUT2D eigenvalue weighted by Gasteiger charge is 2.06. The van der Waals surface area contributed by atoms with Gasteiger partial charge in [0.2, 0.25) is 5.91 Å². The van der Waals surface area contributed by atoms with Crippen LogP contribution in [0, 0.1) is 0 Å². The molecule has 1 N–H and O–H groups in total. The van der Waals surface area contributed by atoms with Gasteiger partial charge in [0, 0.05) is 32.9 Å². The van der Waals surface area contributed by atoms with Crippen LogP contribution in [-0.2, 0) is 11.3 Å². The zero-order valence-electron chi connectivity index (χ0n) is 11.1. The van der Waals surface area contributed by atoms with E-state index in [-0.39, 0.29) is 5.91 Å². The number of hydrogen-bond acceptors (Lipinski definition) is 3. The van der Waals surface area contributed by atoms with Gasteiger partial charge >= 0.3 is 0 Å². The van der Waals surface area contributed by atoms with Crippen molar-refractivity contribution in [3.8, 4) is 0 Å². The summed E-state index contributed by atoms with van der Waals surface area (Å²) in [5, 5.41) is 7.54. The summed E-state index contributed by atoms with van der Waals surface area (Å²) < 4.78 is 1.96. The van der Waals surface area contributed by atoms with Crippen LogP contribution in [0.2, 0.25) is 0 Å². The van der Waals surface area contributed by atoms with Crippen molar-refractivity contribution >= 4 is 5.91 Å². The lowest BCUT2D eigenvalue weighted by Crippen LogP contribution is -2.32. The van der Waals surface area contributed by atoms with Gasteiger partial charge in [-0.3, -0.25) is 9.48 Å². The van der Waals surface area contributed by atoms with Crippen LogP contribution in [-0.4, -0.2) is 41.2 Å². The van der Waals surface area contributed by atoms with E-state index < -0.39 is 0 Å². The van der Waals surface area contributed by atoms with E-state index in [2.05, 4.69) is 24.3 Å². The van der Waals surface area contributed by atoms with Crippen molar-refractivity contribution in [2.45, 2.75) is 32.9 Å². The number of amides is 1. The van der Waals surface area contributed by atoms with Crippen molar-refractivity contribution in [2.75, 3.05) is 20.6 Å². The Morgan fingerprint density at radius 2 is 2.29 bits per heavy atom. The maximum absolute atomic E-state index is 11.3. The largest absolute Gasteiger partial charge is 0.348 e. The number of carbonyl (C=O) groups is 1. The monoisotopic (exact) mass is 238 g/mol. The van der Waals surface area contributed by atoms with Gasteiger partial charge in [0.05, 0.1) is 12.2 Å². The highest BCUT2D eigenvalue weighted by Crippen LogP contribution is 2.08. The first-order chi connectivity index (χ1) is 8.04. The van der Waals surface area contributed by atoms with Crippen molar-refractivity contribution in [2.24, 2.45) is 0 Å². The molecule has 1 aromatic heterocycles. The summed E-state index contributed by atoms with van der Waals surface area (Å²) in [6, 6.07) is 2.41. The van der Waals surface area contributed by atoms with E-state index in [4.69, 9.17) is 0 Å². The van der Waals surface area contributed by atoms with Crippen LogP contribution in [0.25, 0.3) is 0 Å². The molecule has 1 aromatic rings. The van der Waals surface area contributed by atoms with Gasteiger partial charge in [-0.25, -0.2) is 0 Å². The van der Waals surface area contributed by atoms with Crippen LogP contribution in [0.5, 0.6) is 0 Å². The highest BCUT2D eigenvalue weighted by molar-refractivity contribution is 5.77. The van der Waals surface area contributed by atoms with E-state index in [1.165, 1.54) is 0 Å². The summed E-state index contributed by atoms with van der Waals surface area (Å²) in [6.45, 7) is 5.26. The number of hydrogen-bond donors (Lipinski definition) is 1. The predicted octanol–water partition coefficient (Wildman–Crippen LogP) is 1.03. The molecule has 5 heteroatoms. The van der Waals surface area contributed by atoms with E-state index in [0.717, 1.165) is 12.1 Å². The van der Waals surface area contributed by atoms with Crippen molar-refractivity contribution in [3.05, 3.63) is 18.0 Å². The Hall–Kier alpha value is -1.36. The summed E-state index contributed by atoms with van der Waals surface area (Å²) in [4.78, 5) is 12.9. The molecule has 96 valence electrons. The fraction of sp³-hybridized carbons (Fsp3) is 0.667. The number of carbonyl (C=O) groups excluding carboxylic acids is 1. The third-order valence-electron chi connectivity index (χ3n) is 2.79. The Kier molecular flexibility index (Phi) is 5.15. The first-order valence-electron chi connectivity index (χ1n) is 5.99. The summed E-state index contributed by atoms with van der Waals surface area (Å²) >= 11 is 0. The zero-order valence-corrected chi connectivity index (χ0v) is 11.1. The van der Waals surface area contributed by atoms with Gasteiger partial charge in [-0.05, 0) is 19.4 Å². The molecule has 1 unspecified atom stereocenters. The fourth-order valence-corrected chi connectivity index (χ4v) is 1.36. The standard InChI is InChI=1S/C12H22N4O/c1-5-10(2)16-7-6-11(14-16)8-13-9-12(17)15(3)4/h6-7,10,13H,5,8-9H2,1-4H3. The third kappa shape index (κ3) is 4.19. The Balaban J connectivity index is 2.37. The molecule has 0 radical (unpaired) electrons. The molecular weight excluding hydrogens is 216 g/mol. The van der Waals surface area contributed by atoms with Crippen LogP contribution >= 0.6 is 0 Å². The molecule has 0 saturated heterocycles. The number of aromatic nitrogens is 2. The second-order valence-electron chi connectivity index (χ2n) is 4.44. The average Bonchev–Trinajstić information content (AvgIpc) is 2.76. The number of nitrogens with zero attached hydrogens (tertiary/aromatic N) is 3. The Morgan fingerprint density at radius 3 is 2.88 bits per heavy atom. The molecule has 1 rings (SSSR count). The molecule has 0 spiro atoms. The fourth-order valence-electron chi connectivity index (χ4n) is 1.36. The number of likely N-dealkylation sites (N-methyl/N-ethyl adjacent to an activating group) is 1. The van der Waals surface area contributed by atoms with E-state index in [0.29, 0.717) is 19.1 Å². The van der Waals surface area contributed by atoms with Crippen molar-refractivity contribution in [3.63, 3.8) is 0 Å². The predicted molar refractivity (Wildman–Crippen MR) is 67.6 cm³/mol. The SMILES string of the molecule is CCC(C)n1ccc(CNCC(=O)N(C)C)n1. The van der Waals surface area contributed by atoms with Crippen LogP contribution in [0.4, 0.5) is 0 Å². The minimum atomic E-state index is 0.0753. The van der Waals surface area contributed by atoms with Crippen LogP contribution < -0.4 is 5.32 Å². The topological polar surface area (TPSA) is 50.2 Å². The van der Waals surface area contributed by atoms with Gasteiger partial charge in [-0.15, -0.1) is 0 Å². The molecule has 1 heterocycles. The Labute approximate surface area is 103 Å². The average molecular weight is 238 g/mol. The molecule has 0 aliphatic rings. The zero-order chi connectivity index (χ0) is 12.8. The smallest absolute Gasteiger partial charge is 0.236 e. The van der Waals surface area contributed by atoms with Crippen molar-refractivity contribution in [1.82, 2.24) is 20.0 Å². The molecule has 0 bridgehead atoms. The molecular formula is C12H22N4O. The van der Waals surface area contributed by atoms with Gasteiger partial charge in [-0.1, -0.05) is 6.92 Å². The minimum Gasteiger partial charge on any atom is -0.348 e. The Bertz CT molecular complexity index is 359. The maximum Gasteiger partial charge on any atom is 0.236 e. The molecule has 0 aliphatic carbocycles. The molecule has 5 nitrogen and oxygen atoms in total. The normalized spacial score (nSPS) is 12.5. The van der Waals surface area contributed by atoms with Gasteiger partial charge < -0.3 is 10.2 Å². The van der Waals surface area contributed by atoms with E-state index in [1.807, 2.05) is 16.9 Å². The third-order valence-corrected chi connectivity index (χ3v) is 2.79. The van der Waals surface area contributed by atoms with Crippen LogP contribution in [0.15, 0.2) is 12.3 Å². The molecule has 0 fully saturated rings. The number of nitrogens with one attached hydrogen (secondary N) is 1. The van der Waals surface area contributed by atoms with Crippen molar-refractivity contribution < 1.29 is 4.79 Å². The molecule has 0 aliphatic heterocycles. The van der Waals surface area contributed by atoms with Gasteiger partial charge in [0.15, 0.2) is 0 Å². The van der Waals surface area contributed by atoms with Gasteiger partial charge in [-0.2, -0.15) is 5.10 Å². The molecule has 0 saturated carbocycles. The highest BCUT2D eigenvalue weighted by atomic mass is 16.2. The number of rotatable bonds is 6. The molecule has 1 amide bonds. The summed E-state index contributed by atoms with van der Waals surface area (Å²) in [6.07, 6.45) is 3.05. The molecule has 17 heavy (non-hydrogen) atoms. The van der Waals surface area contributed by atoms with Gasteiger partial charge in [0.1, 0.15) is 0 Å².